The summed E-state index contributed by atoms with van der Waals surface area (Å²) in [4.78, 5) is 16.9. The predicted octanol–water partition coefficient (Wildman–Crippen LogP) is 8.36. The maximum Gasteiger partial charge on any atom is 0.323 e. The molecule has 3 atom stereocenters. The van der Waals surface area contributed by atoms with E-state index in [2.05, 4.69) is 15.6 Å². The van der Waals surface area contributed by atoms with Crippen LogP contribution in [0.1, 0.15) is 35.5 Å². The number of rotatable bonds is 9. The number of nitrogens with zero attached hydrogens (tertiary/aromatic N) is 2. The van der Waals surface area contributed by atoms with E-state index >= 15 is 0 Å². The zero-order valence-electron chi connectivity index (χ0n) is 24.0. The van der Waals surface area contributed by atoms with Crippen LogP contribution in [0, 0.1) is 0 Å². The number of carbonyl (C=O) groups is 1. The van der Waals surface area contributed by atoms with Crippen molar-refractivity contribution in [3.8, 4) is 11.5 Å². The Balaban J connectivity index is 1.14. The van der Waals surface area contributed by atoms with E-state index in [0.717, 1.165) is 22.4 Å². The van der Waals surface area contributed by atoms with E-state index in [4.69, 9.17) is 37.4 Å². The molecule has 9 nitrogen and oxygen atoms in total. The summed E-state index contributed by atoms with van der Waals surface area (Å²) in [6.45, 7) is 0.376. The minimum absolute atomic E-state index is 0.0403. The Labute approximate surface area is 270 Å². The van der Waals surface area contributed by atoms with Gasteiger partial charge in [-0.1, -0.05) is 77.8 Å². The van der Waals surface area contributed by atoms with Crippen LogP contribution in [0.25, 0.3) is 0 Å². The van der Waals surface area contributed by atoms with E-state index in [1.54, 1.807) is 41.2 Å². The molecule has 11 heteroatoms. The summed E-state index contributed by atoms with van der Waals surface area (Å²) in [5, 5.41) is 15.8. The van der Waals surface area contributed by atoms with E-state index in [1.807, 2.05) is 72.8 Å². The third-order valence-corrected chi connectivity index (χ3v) is 8.03. The van der Waals surface area contributed by atoms with E-state index in [1.165, 1.54) is 0 Å². The van der Waals surface area contributed by atoms with E-state index in [0.29, 0.717) is 35.2 Å². The standard InChI is InChI=1S/C34H30Cl2N4O5/c35-31-32(36)40(21-37-31)19-29-18-30(23-11-9-22(20-41)10-12-23)45-33(44-29)24-5-4-6-26(17-24)39-34(42)38-25-13-15-28(16-14-25)43-27-7-2-1-3-8-27/h1-17,21,29-30,33,41H,18-20H2,(H2,38,39,42)/t29-,30+,33+/m0/s1. The monoisotopic (exact) mass is 644 g/mol. The first-order valence-corrected chi connectivity index (χ1v) is 15.1. The number of amides is 2. The molecule has 2 amide bonds. The van der Waals surface area contributed by atoms with Crippen molar-refractivity contribution in [2.45, 2.75) is 38.1 Å². The summed E-state index contributed by atoms with van der Waals surface area (Å²) in [5.74, 6) is 1.39. The van der Waals surface area contributed by atoms with Gasteiger partial charge in [0.05, 0.1) is 31.7 Å². The van der Waals surface area contributed by atoms with Gasteiger partial charge in [0.25, 0.3) is 0 Å². The largest absolute Gasteiger partial charge is 0.457 e. The van der Waals surface area contributed by atoms with E-state index in [9.17, 15) is 9.90 Å². The molecule has 0 aliphatic carbocycles. The van der Waals surface area contributed by atoms with Gasteiger partial charge < -0.3 is 34.5 Å². The summed E-state index contributed by atoms with van der Waals surface area (Å²) in [6, 6.07) is 31.1. The molecule has 0 radical (unpaired) electrons. The van der Waals surface area contributed by atoms with Crippen LogP contribution in [0.3, 0.4) is 0 Å². The average Bonchev–Trinajstić information content (AvgIpc) is 3.38. The van der Waals surface area contributed by atoms with Crippen LogP contribution >= 0.6 is 23.2 Å². The molecule has 3 N–H and O–H groups in total. The lowest BCUT2D eigenvalue weighted by Gasteiger charge is -2.36. The van der Waals surface area contributed by atoms with Gasteiger partial charge in [0.2, 0.25) is 0 Å². The molecule has 1 aromatic heterocycles. The highest BCUT2D eigenvalue weighted by molar-refractivity contribution is 6.40. The molecule has 45 heavy (non-hydrogen) atoms. The summed E-state index contributed by atoms with van der Waals surface area (Å²) >= 11 is 12.4. The predicted molar refractivity (Wildman–Crippen MR) is 173 cm³/mol. The summed E-state index contributed by atoms with van der Waals surface area (Å²) in [5.41, 5.74) is 3.67. The van der Waals surface area contributed by atoms with Crippen LogP contribution in [-0.4, -0.2) is 26.8 Å². The third kappa shape index (κ3) is 7.83. The maximum atomic E-state index is 12.9. The van der Waals surface area contributed by atoms with Crippen molar-refractivity contribution in [3.05, 3.63) is 136 Å². The highest BCUT2D eigenvalue weighted by atomic mass is 35.5. The molecule has 1 aliphatic rings. The second-order valence-electron chi connectivity index (χ2n) is 10.5. The lowest BCUT2D eigenvalue weighted by molar-refractivity contribution is -0.252. The number of hydrogen-bond acceptors (Lipinski definition) is 6. The summed E-state index contributed by atoms with van der Waals surface area (Å²) in [7, 11) is 0. The molecule has 4 aromatic carbocycles. The Morgan fingerprint density at radius 1 is 0.867 bits per heavy atom. The van der Waals surface area contributed by atoms with Gasteiger partial charge in [-0.3, -0.25) is 0 Å². The molecule has 0 bridgehead atoms. The first-order chi connectivity index (χ1) is 21.9. The fourth-order valence-electron chi connectivity index (χ4n) is 5.01. The number of anilines is 2. The molecule has 5 aromatic rings. The van der Waals surface area contributed by atoms with Gasteiger partial charge in [-0.25, -0.2) is 9.78 Å². The number of halogens is 2. The molecule has 6 rings (SSSR count). The number of benzene rings is 4. The summed E-state index contributed by atoms with van der Waals surface area (Å²) < 4.78 is 20.4. The highest BCUT2D eigenvalue weighted by Gasteiger charge is 2.33. The quantitative estimate of drug-likeness (QED) is 0.149. The zero-order chi connectivity index (χ0) is 31.2. The Kier molecular flexibility index (Phi) is 9.63. The zero-order valence-corrected chi connectivity index (χ0v) is 25.5. The average molecular weight is 646 g/mol. The maximum absolute atomic E-state index is 12.9. The van der Waals surface area contributed by atoms with Gasteiger partial charge in [0.1, 0.15) is 16.7 Å². The van der Waals surface area contributed by atoms with Gasteiger partial charge >= 0.3 is 6.03 Å². The third-order valence-electron chi connectivity index (χ3n) is 7.26. The lowest BCUT2D eigenvalue weighted by Crippen LogP contribution is -2.32. The van der Waals surface area contributed by atoms with Gasteiger partial charge in [0.15, 0.2) is 11.4 Å². The molecule has 0 saturated carbocycles. The molecule has 1 aliphatic heterocycles. The second-order valence-corrected chi connectivity index (χ2v) is 11.2. The minimum atomic E-state index is -0.731. The first-order valence-electron chi connectivity index (χ1n) is 14.3. The smallest absolute Gasteiger partial charge is 0.323 e. The molecule has 1 fully saturated rings. The van der Waals surface area contributed by atoms with E-state index < -0.39 is 12.3 Å². The number of hydrogen-bond donors (Lipinski definition) is 3. The SMILES string of the molecule is O=C(Nc1ccc(Oc2ccccc2)cc1)Nc1cccc([C@@H]2O[C@H](Cn3cnc(Cl)c3Cl)C[C@H](c3ccc(CO)cc3)O2)c1. The summed E-state index contributed by atoms with van der Waals surface area (Å²) in [6.07, 6.45) is 0.814. The van der Waals surface area contributed by atoms with E-state index in [-0.39, 0.29) is 24.0 Å². The fourth-order valence-corrected chi connectivity index (χ4v) is 5.32. The molecule has 2 heterocycles. The number of aromatic nitrogens is 2. The minimum Gasteiger partial charge on any atom is -0.457 e. The highest BCUT2D eigenvalue weighted by Crippen LogP contribution is 2.39. The van der Waals surface area contributed by atoms with Gasteiger partial charge in [-0.05, 0) is 59.7 Å². The van der Waals surface area contributed by atoms with Crippen molar-refractivity contribution in [2.75, 3.05) is 10.6 Å². The van der Waals surface area contributed by atoms with Gasteiger partial charge in [0, 0.05) is 23.4 Å². The van der Waals surface area contributed by atoms with Gasteiger partial charge in [-0.2, -0.15) is 0 Å². The van der Waals surface area contributed by atoms with Crippen molar-refractivity contribution >= 4 is 40.6 Å². The van der Waals surface area contributed by atoms with Crippen LogP contribution < -0.4 is 15.4 Å². The van der Waals surface area contributed by atoms with Crippen LogP contribution in [0.15, 0.2) is 109 Å². The Morgan fingerprint density at radius 3 is 2.31 bits per heavy atom. The lowest BCUT2D eigenvalue weighted by atomic mass is 10.00. The van der Waals surface area contributed by atoms with Crippen LogP contribution in [-0.2, 0) is 22.6 Å². The molecule has 0 unspecified atom stereocenters. The molecular formula is C34H30Cl2N4O5. The Bertz CT molecular complexity index is 1730. The number of aliphatic hydroxyl groups excluding tert-OH is 1. The Morgan fingerprint density at radius 2 is 1.60 bits per heavy atom. The van der Waals surface area contributed by atoms with Crippen molar-refractivity contribution in [3.63, 3.8) is 0 Å². The second kappa shape index (κ2) is 14.2. The van der Waals surface area contributed by atoms with Crippen LogP contribution in [0.2, 0.25) is 10.3 Å². The number of urea groups is 1. The molecule has 0 spiro atoms. The number of nitrogens with one attached hydrogen (secondary N) is 2. The van der Waals surface area contributed by atoms with Crippen molar-refractivity contribution in [2.24, 2.45) is 0 Å². The van der Waals surface area contributed by atoms with Crippen molar-refractivity contribution in [1.82, 2.24) is 9.55 Å². The van der Waals surface area contributed by atoms with Crippen molar-refractivity contribution < 1.29 is 24.1 Å². The molecule has 230 valence electrons. The first kappa shape index (κ1) is 30.6. The molecular weight excluding hydrogens is 615 g/mol. The number of carbonyl (C=O) groups excluding carboxylic acids is 1. The number of aliphatic hydroxyl groups is 1. The number of para-hydroxylation sites is 1. The molecule has 1 saturated heterocycles. The van der Waals surface area contributed by atoms with Crippen LogP contribution in [0.4, 0.5) is 16.2 Å². The number of imidazole rings is 1. The van der Waals surface area contributed by atoms with Crippen molar-refractivity contribution in [1.29, 1.82) is 0 Å². The normalized spacial score (nSPS) is 17.9. The topological polar surface area (TPSA) is 107 Å². The number of ether oxygens (including phenoxy) is 3. The Hall–Kier alpha value is -4.38. The van der Waals surface area contributed by atoms with Crippen LogP contribution in [0.5, 0.6) is 11.5 Å². The fraction of sp³-hybridized carbons (Fsp3) is 0.176. The van der Waals surface area contributed by atoms with Gasteiger partial charge in [-0.15, -0.1) is 0 Å².